The second-order valence-corrected chi connectivity index (χ2v) is 11.4. The van der Waals surface area contributed by atoms with Crippen LogP contribution in [0.5, 0.6) is 11.5 Å². The largest absolute Gasteiger partial charge is 0.457 e. The van der Waals surface area contributed by atoms with Gasteiger partial charge in [0.25, 0.3) is 11.5 Å². The van der Waals surface area contributed by atoms with Crippen LogP contribution in [0.1, 0.15) is 52.2 Å². The van der Waals surface area contributed by atoms with Crippen LogP contribution >= 0.6 is 0 Å². The van der Waals surface area contributed by atoms with Crippen LogP contribution in [-0.4, -0.2) is 22.0 Å². The molecule has 1 amide bonds. The van der Waals surface area contributed by atoms with Crippen molar-refractivity contribution in [1.82, 2.24) is 14.9 Å². The molecule has 0 spiro atoms. The lowest BCUT2D eigenvalue weighted by Gasteiger charge is -2.19. The summed E-state index contributed by atoms with van der Waals surface area (Å²) < 4.78 is 49.1. The van der Waals surface area contributed by atoms with E-state index in [-0.39, 0.29) is 18.1 Å². The zero-order chi connectivity index (χ0) is 32.5. The highest BCUT2D eigenvalue weighted by Crippen LogP contribution is 2.35. The third-order valence-corrected chi connectivity index (χ3v) is 7.44. The third kappa shape index (κ3) is 6.78. The lowest BCUT2D eigenvalue weighted by atomic mass is 10.0. The Balaban J connectivity index is 1.47. The number of amides is 1. The van der Waals surface area contributed by atoms with Crippen molar-refractivity contribution in [3.63, 3.8) is 0 Å². The molecule has 45 heavy (non-hydrogen) atoms. The molecular formula is C35H31F3N4O3. The molecule has 0 saturated heterocycles. The number of aromatic amines is 1. The SMILES string of the molecule is Cc1ccc(Cn2c(-c3ccc(Oc4ccc5[nH]c(C(=O)NCC(C)C)cc5c4)cc3)cc(C(F)(F)F)c(C#N)c2=O)c(C)c1. The fraction of sp³-hybridized carbons (Fsp3) is 0.229. The van der Waals surface area contributed by atoms with Crippen LogP contribution in [0.25, 0.3) is 22.2 Å². The Morgan fingerprint density at radius 1 is 1.00 bits per heavy atom. The lowest BCUT2D eigenvalue weighted by Crippen LogP contribution is -2.29. The molecule has 2 aromatic heterocycles. The molecule has 0 unspecified atom stereocenters. The predicted molar refractivity (Wildman–Crippen MR) is 166 cm³/mol. The van der Waals surface area contributed by atoms with Gasteiger partial charge in [-0.3, -0.25) is 9.59 Å². The van der Waals surface area contributed by atoms with E-state index < -0.39 is 22.9 Å². The maximum Gasteiger partial charge on any atom is 0.417 e. The average molecular weight is 613 g/mol. The van der Waals surface area contributed by atoms with Gasteiger partial charge in [0.05, 0.1) is 17.8 Å². The van der Waals surface area contributed by atoms with Crippen LogP contribution in [-0.2, 0) is 12.7 Å². The topological polar surface area (TPSA) is 99.9 Å². The van der Waals surface area contributed by atoms with Crippen LogP contribution < -0.4 is 15.6 Å². The number of hydrogen-bond donors (Lipinski definition) is 2. The number of nitrogens with zero attached hydrogens (tertiary/aromatic N) is 2. The summed E-state index contributed by atoms with van der Waals surface area (Å²) in [6.07, 6.45) is -4.90. The molecule has 0 saturated carbocycles. The van der Waals surface area contributed by atoms with E-state index in [0.29, 0.717) is 35.2 Å². The van der Waals surface area contributed by atoms with Gasteiger partial charge in [-0.2, -0.15) is 18.4 Å². The van der Waals surface area contributed by atoms with Crippen molar-refractivity contribution in [3.8, 4) is 28.8 Å². The molecule has 10 heteroatoms. The smallest absolute Gasteiger partial charge is 0.417 e. The average Bonchev–Trinajstić information content (AvgIpc) is 3.41. The van der Waals surface area contributed by atoms with E-state index in [2.05, 4.69) is 10.3 Å². The van der Waals surface area contributed by atoms with Gasteiger partial charge in [0.1, 0.15) is 28.8 Å². The normalized spacial score (nSPS) is 11.5. The summed E-state index contributed by atoms with van der Waals surface area (Å²) in [5.41, 5.74) is 0.941. The fourth-order valence-corrected chi connectivity index (χ4v) is 5.09. The first kappa shape index (κ1) is 31.1. The van der Waals surface area contributed by atoms with Crippen LogP contribution in [0.3, 0.4) is 0 Å². The minimum Gasteiger partial charge on any atom is -0.457 e. The van der Waals surface area contributed by atoms with Crippen LogP contribution in [0, 0.1) is 31.1 Å². The number of fused-ring (bicyclic) bond motifs is 1. The van der Waals surface area contributed by atoms with Gasteiger partial charge >= 0.3 is 6.18 Å². The zero-order valence-corrected chi connectivity index (χ0v) is 25.2. The summed E-state index contributed by atoms with van der Waals surface area (Å²) >= 11 is 0. The van der Waals surface area contributed by atoms with E-state index in [1.54, 1.807) is 48.5 Å². The van der Waals surface area contributed by atoms with Gasteiger partial charge < -0.3 is 19.6 Å². The van der Waals surface area contributed by atoms with Gasteiger partial charge in [-0.25, -0.2) is 0 Å². The minimum absolute atomic E-state index is 0.0144. The summed E-state index contributed by atoms with van der Waals surface area (Å²) in [7, 11) is 0. The molecule has 0 radical (unpaired) electrons. The molecule has 2 N–H and O–H groups in total. The quantitative estimate of drug-likeness (QED) is 0.187. The van der Waals surface area contributed by atoms with Gasteiger partial charge in [-0.05, 0) is 91.1 Å². The van der Waals surface area contributed by atoms with E-state index in [1.807, 2.05) is 45.9 Å². The maximum absolute atomic E-state index is 14.0. The number of carbonyl (C=O) groups excluding carboxylic acids is 1. The predicted octanol–water partition coefficient (Wildman–Crippen LogP) is 7.73. The Hall–Kier alpha value is -5.30. The molecule has 0 fully saturated rings. The summed E-state index contributed by atoms with van der Waals surface area (Å²) in [5.74, 6) is 1.02. The molecule has 5 rings (SSSR count). The molecule has 0 aliphatic rings. The van der Waals surface area contributed by atoms with E-state index in [4.69, 9.17) is 4.74 Å². The first-order valence-corrected chi connectivity index (χ1v) is 14.3. The molecule has 2 heterocycles. The van der Waals surface area contributed by atoms with Crippen LogP contribution in [0.15, 0.2) is 77.6 Å². The number of H-pyrrole nitrogens is 1. The number of ether oxygens (including phenoxy) is 1. The highest BCUT2D eigenvalue weighted by Gasteiger charge is 2.36. The number of benzene rings is 3. The Labute approximate surface area is 257 Å². The molecular weight excluding hydrogens is 581 g/mol. The van der Waals surface area contributed by atoms with Crippen molar-refractivity contribution in [2.45, 2.75) is 40.4 Å². The molecule has 5 aromatic rings. The number of nitrogens with one attached hydrogen (secondary N) is 2. The first-order chi connectivity index (χ1) is 21.3. The van der Waals surface area contributed by atoms with Gasteiger partial charge in [-0.1, -0.05) is 37.6 Å². The van der Waals surface area contributed by atoms with Gasteiger partial charge in [0.2, 0.25) is 0 Å². The van der Waals surface area contributed by atoms with Crippen molar-refractivity contribution < 1.29 is 22.7 Å². The van der Waals surface area contributed by atoms with E-state index in [9.17, 15) is 28.0 Å². The molecule has 0 aliphatic carbocycles. The van der Waals surface area contributed by atoms with Crippen molar-refractivity contribution in [3.05, 3.63) is 117 Å². The number of carbonyl (C=O) groups is 1. The third-order valence-electron chi connectivity index (χ3n) is 7.44. The lowest BCUT2D eigenvalue weighted by molar-refractivity contribution is -0.137. The number of nitriles is 1. The van der Waals surface area contributed by atoms with E-state index >= 15 is 0 Å². The Morgan fingerprint density at radius 3 is 2.36 bits per heavy atom. The molecule has 3 aromatic carbocycles. The van der Waals surface area contributed by atoms with E-state index in [1.165, 1.54) is 10.6 Å². The highest BCUT2D eigenvalue weighted by molar-refractivity contribution is 5.98. The molecule has 7 nitrogen and oxygen atoms in total. The van der Waals surface area contributed by atoms with Gasteiger partial charge in [0, 0.05) is 17.4 Å². The zero-order valence-electron chi connectivity index (χ0n) is 25.2. The molecule has 0 aliphatic heterocycles. The molecule has 0 atom stereocenters. The van der Waals surface area contributed by atoms with Crippen molar-refractivity contribution in [2.24, 2.45) is 5.92 Å². The van der Waals surface area contributed by atoms with Gasteiger partial charge in [0.15, 0.2) is 0 Å². The number of aromatic nitrogens is 2. The van der Waals surface area contributed by atoms with Crippen molar-refractivity contribution in [2.75, 3.05) is 6.54 Å². The number of pyridine rings is 1. The van der Waals surface area contributed by atoms with Crippen LogP contribution in [0.4, 0.5) is 13.2 Å². The first-order valence-electron chi connectivity index (χ1n) is 14.3. The second-order valence-electron chi connectivity index (χ2n) is 11.4. The van der Waals surface area contributed by atoms with Crippen molar-refractivity contribution >= 4 is 16.8 Å². The fourth-order valence-electron chi connectivity index (χ4n) is 5.09. The Bertz CT molecular complexity index is 2000. The van der Waals surface area contributed by atoms with E-state index in [0.717, 1.165) is 33.7 Å². The number of halogens is 3. The monoisotopic (exact) mass is 612 g/mol. The van der Waals surface area contributed by atoms with Crippen LogP contribution in [0.2, 0.25) is 0 Å². The minimum atomic E-state index is -4.90. The number of rotatable bonds is 8. The molecule has 230 valence electrons. The van der Waals surface area contributed by atoms with Crippen molar-refractivity contribution in [1.29, 1.82) is 5.26 Å². The standard InChI is InChI=1S/C35H31F3N4O3/c1-20(2)18-40-33(43)31-15-25-14-27(11-12-30(25)41-31)45-26-9-7-23(8-10-26)32-16-29(35(36,37)38)28(17-39)34(44)42(32)19-24-6-5-21(3)13-22(24)4/h5-16,20,41H,18-19H2,1-4H3,(H,40,43). The number of aryl methyl sites for hydroxylation is 2. The summed E-state index contributed by atoms with van der Waals surface area (Å²) in [6.45, 7) is 8.35. The highest BCUT2D eigenvalue weighted by atomic mass is 19.4. The summed E-state index contributed by atoms with van der Waals surface area (Å²) in [4.78, 5) is 28.9. The Morgan fingerprint density at radius 2 is 1.71 bits per heavy atom. The maximum atomic E-state index is 14.0. The second kappa shape index (κ2) is 12.4. The summed E-state index contributed by atoms with van der Waals surface area (Å²) in [6, 6.07) is 21.3. The number of hydrogen-bond acceptors (Lipinski definition) is 4. The number of alkyl halides is 3. The Kier molecular flexibility index (Phi) is 8.55. The summed E-state index contributed by atoms with van der Waals surface area (Å²) in [5, 5.41) is 13.2. The van der Waals surface area contributed by atoms with Gasteiger partial charge in [-0.15, -0.1) is 0 Å². The molecule has 0 bridgehead atoms.